The number of aryl methyl sites for hydroxylation is 12. The molecule has 14 heterocycles. The summed E-state index contributed by atoms with van der Waals surface area (Å²) in [6, 6.07) is 5.35. The first-order valence-electron chi connectivity index (χ1n) is 35.8. The number of carboxylic acid groups (broad SMARTS) is 1. The van der Waals surface area contributed by atoms with Crippen LogP contribution in [0.4, 0.5) is 34.3 Å². The van der Waals surface area contributed by atoms with E-state index in [1.165, 1.54) is 107 Å². The number of amides is 2. The van der Waals surface area contributed by atoms with Crippen LogP contribution < -0.4 is 32.7 Å². The smallest absolute Gasteiger partial charge is 0.373 e. The van der Waals surface area contributed by atoms with Crippen molar-refractivity contribution in [3.8, 4) is 36.0 Å². The van der Waals surface area contributed by atoms with Gasteiger partial charge in [-0.3, -0.25) is 14.5 Å². The van der Waals surface area contributed by atoms with Crippen LogP contribution in [0.25, 0.3) is 0 Å². The third kappa shape index (κ3) is 35.7. The fourth-order valence-corrected chi connectivity index (χ4v) is 19.1. The third-order valence-corrected chi connectivity index (χ3v) is 28.5. The number of carbonyl (C=O) groups is 3. The van der Waals surface area contributed by atoms with E-state index in [4.69, 9.17) is 125 Å². The predicted molar refractivity (Wildman–Crippen MR) is 515 cm³/mol. The molecule has 13 aromatic heterocycles. The van der Waals surface area contributed by atoms with Crippen molar-refractivity contribution in [1.82, 2.24) is 49.8 Å². The van der Waals surface area contributed by atoms with Crippen LogP contribution in [-0.4, -0.2) is 123 Å². The van der Waals surface area contributed by atoms with Crippen molar-refractivity contribution >= 4 is 253 Å². The first kappa shape index (κ1) is 104. The highest BCUT2D eigenvalue weighted by atomic mass is 35.5. The highest BCUT2D eigenvalue weighted by molar-refractivity contribution is 7.17. The molecule has 14 rings (SSSR count). The molecule has 644 valence electrons. The number of nitrogens with two attached hydrogens (primary N) is 3. The number of nitrogens with one attached hydrogen (secondary N) is 2. The maximum atomic E-state index is 12.6. The Morgan fingerprint density at radius 2 is 0.861 bits per heavy atom. The number of aliphatic hydroxyl groups excluding tert-OH is 1. The molecule has 0 atom stereocenters. The molecule has 0 radical (unpaired) electrons. The molecule has 1 aliphatic heterocycles. The van der Waals surface area contributed by atoms with Gasteiger partial charge in [-0.05, 0) is 226 Å². The van der Waals surface area contributed by atoms with Gasteiger partial charge in [0.1, 0.15) is 65.6 Å². The molecule has 0 bridgehead atoms. The fourth-order valence-electron chi connectivity index (χ4n) is 9.44. The zero-order valence-corrected chi connectivity index (χ0v) is 81.8. The molecule has 1 aliphatic rings. The van der Waals surface area contributed by atoms with Gasteiger partial charge in [0.2, 0.25) is 0 Å². The number of thiazole rings is 3. The molecule has 40 heteroatoms. The molecule has 0 unspecified atom stereocenters. The van der Waals surface area contributed by atoms with E-state index in [9.17, 15) is 14.4 Å². The summed E-state index contributed by atoms with van der Waals surface area (Å²) in [6.07, 6.45) is 11.0. The maximum absolute atomic E-state index is 12.6. The maximum Gasteiger partial charge on any atom is 0.373 e. The van der Waals surface area contributed by atoms with Gasteiger partial charge in [-0.25, -0.2) is 49.7 Å². The number of aromatic carboxylic acids is 1. The number of halogens is 7. The molecular formula is C82H85Cl7N16O7S10. The van der Waals surface area contributed by atoms with Gasteiger partial charge in [-0.1, -0.05) is 87.1 Å². The van der Waals surface area contributed by atoms with E-state index in [1.54, 1.807) is 79.3 Å². The highest BCUT2D eigenvalue weighted by Gasteiger charge is 2.22. The van der Waals surface area contributed by atoms with E-state index in [0.717, 1.165) is 114 Å². The Hall–Kier alpha value is -8.35. The number of thiophene rings is 7. The van der Waals surface area contributed by atoms with E-state index < -0.39 is 5.97 Å². The van der Waals surface area contributed by atoms with Crippen LogP contribution in [-0.2, 0) is 28.9 Å². The Labute approximate surface area is 784 Å². The third-order valence-electron chi connectivity index (χ3n) is 16.2. The molecular weight excluding hydrogens is 1890 g/mol. The van der Waals surface area contributed by atoms with E-state index in [-0.39, 0.29) is 29.4 Å². The normalized spacial score (nSPS) is 10.8. The molecule has 23 nitrogen and oxygen atoms in total. The van der Waals surface area contributed by atoms with Crippen LogP contribution in [0.15, 0.2) is 79.8 Å². The first-order valence-corrected chi connectivity index (χ1v) is 47.2. The number of piperazine rings is 1. The average Bonchev–Trinajstić information content (AvgIpc) is 1.53. The zero-order valence-electron chi connectivity index (χ0n) is 68.3. The molecule has 0 saturated carbocycles. The van der Waals surface area contributed by atoms with Gasteiger partial charge < -0.3 is 42.9 Å². The summed E-state index contributed by atoms with van der Waals surface area (Å²) in [5, 5.41) is 42.9. The lowest BCUT2D eigenvalue weighted by Crippen LogP contribution is -2.47. The summed E-state index contributed by atoms with van der Waals surface area (Å²) in [6.45, 7) is 31.7. The molecule has 13 aromatic rings. The molecule has 1 saturated heterocycles. The van der Waals surface area contributed by atoms with Gasteiger partial charge in [0.15, 0.2) is 0 Å². The Morgan fingerprint density at radius 1 is 0.475 bits per heavy atom. The minimum Gasteiger partial charge on any atom is -0.477 e. The molecule has 2 amide bonds. The van der Waals surface area contributed by atoms with Crippen molar-refractivity contribution in [3.63, 3.8) is 0 Å². The number of hydrogen-bond acceptors (Lipinski definition) is 30. The SMILES string of the molecule is C#CC#CC#CC.Cc1csc(C)c1N.Cc1csc(Cl)c1C.Cc1csc(Cl)c1N.Cc1csc(Cl)c1N.Cc1cscc1C.Cc1nc(Cc2ncc(C(=O)Nc3c(C)csc3Cl)s2)cc(N2CCN(CCO)CC2)n1.Cc1nc(Cl)cc(Cc2ncc(C(=O)Nc3c(C)csc3Cl)s2)n1.Cc1nc(Cl)cc(Cc2ncc(C(=O)O)s2)n1.O=C=O. The van der Waals surface area contributed by atoms with Gasteiger partial charge in [0, 0.05) is 68.6 Å². The molecule has 0 spiro atoms. The zero-order chi connectivity index (χ0) is 90.4. The lowest BCUT2D eigenvalue weighted by molar-refractivity contribution is -0.191. The summed E-state index contributed by atoms with van der Waals surface area (Å²) < 4.78 is 3.45. The van der Waals surface area contributed by atoms with Crippen molar-refractivity contribution in [3.05, 3.63) is 231 Å². The van der Waals surface area contributed by atoms with E-state index in [2.05, 4.69) is 137 Å². The minimum atomic E-state index is -0.967. The van der Waals surface area contributed by atoms with Crippen molar-refractivity contribution in [2.75, 3.05) is 72.1 Å². The van der Waals surface area contributed by atoms with Gasteiger partial charge in [0.25, 0.3) is 11.8 Å². The number of nitrogen functional groups attached to an aromatic ring is 3. The number of carbonyl (C=O) groups excluding carboxylic acids is 4. The Bertz CT molecular complexity index is 5450. The van der Waals surface area contributed by atoms with Crippen LogP contribution in [0.2, 0.25) is 32.0 Å². The average molecular weight is 1980 g/mol. The lowest BCUT2D eigenvalue weighted by Gasteiger charge is -2.35. The Kier molecular flexibility index (Phi) is 45.9. The van der Waals surface area contributed by atoms with Crippen LogP contribution in [0.5, 0.6) is 0 Å². The van der Waals surface area contributed by atoms with Crippen LogP contribution in [0.1, 0.15) is 140 Å². The molecule has 1 fully saturated rings. The summed E-state index contributed by atoms with van der Waals surface area (Å²) >= 11 is 55.6. The van der Waals surface area contributed by atoms with Gasteiger partial charge >= 0.3 is 12.1 Å². The first-order chi connectivity index (χ1) is 57.9. The molecule has 122 heavy (non-hydrogen) atoms. The van der Waals surface area contributed by atoms with Crippen LogP contribution >= 0.6 is 195 Å². The quantitative estimate of drug-likeness (QED) is 0.0393. The van der Waals surface area contributed by atoms with Crippen molar-refractivity contribution in [1.29, 1.82) is 0 Å². The topological polar surface area (TPSA) is 350 Å². The van der Waals surface area contributed by atoms with Crippen LogP contribution in [0, 0.1) is 126 Å². The number of hydrogen-bond donors (Lipinski definition) is 7. The number of carboxylic acids is 1. The van der Waals surface area contributed by atoms with E-state index in [0.29, 0.717) is 97.1 Å². The second-order valence-electron chi connectivity index (χ2n) is 25.5. The number of aliphatic hydroxyl groups is 1. The molecule has 10 N–H and O–H groups in total. The molecule has 0 aliphatic carbocycles. The number of terminal acetylenes is 1. The second kappa shape index (κ2) is 53.7. The van der Waals surface area contributed by atoms with Gasteiger partial charge in [-0.2, -0.15) is 20.9 Å². The van der Waals surface area contributed by atoms with Crippen molar-refractivity contribution in [2.24, 2.45) is 0 Å². The van der Waals surface area contributed by atoms with Gasteiger partial charge in [0.05, 0.1) is 84.4 Å². The fraction of sp³-hybridized carbons (Fsp3) is 0.280. The summed E-state index contributed by atoms with van der Waals surface area (Å²) in [5.74, 6) is 13.4. The van der Waals surface area contributed by atoms with E-state index >= 15 is 0 Å². The Balaban J connectivity index is 0.000000260. The summed E-state index contributed by atoms with van der Waals surface area (Å²) in [7, 11) is 0. The highest BCUT2D eigenvalue weighted by Crippen LogP contribution is 2.36. The van der Waals surface area contributed by atoms with Gasteiger partial charge in [-0.15, -0.1) is 108 Å². The number of rotatable bonds is 14. The minimum absolute atomic E-state index is 0.185. The number of nitrogens with zero attached hydrogens (tertiary/aromatic N) is 11. The lowest BCUT2D eigenvalue weighted by atomic mass is 10.2. The number of aromatic nitrogens is 9. The van der Waals surface area contributed by atoms with Crippen molar-refractivity contribution in [2.45, 2.75) is 116 Å². The second-order valence-corrected chi connectivity index (χ2v) is 38.9. The largest absolute Gasteiger partial charge is 0.477 e. The number of anilines is 6. The number of β-amino-alcohol motifs (C(OH)–C–C–N with tert-alkyl or cyclic N) is 1. The predicted octanol–water partition coefficient (Wildman–Crippen LogP) is 22.1. The van der Waals surface area contributed by atoms with E-state index in [1.807, 2.05) is 83.0 Å². The monoisotopic (exact) mass is 1970 g/mol. The Morgan fingerprint density at radius 3 is 1.15 bits per heavy atom. The summed E-state index contributed by atoms with van der Waals surface area (Å²) in [4.78, 5) is 97.4. The summed E-state index contributed by atoms with van der Waals surface area (Å²) in [5.41, 5.74) is 33.2. The van der Waals surface area contributed by atoms with Crippen molar-refractivity contribution < 1.29 is 34.2 Å². The van der Waals surface area contributed by atoms with Crippen LogP contribution in [0.3, 0.4) is 0 Å². The molecule has 0 aromatic carbocycles. The standard InChI is InChI=1S/C21H25ClN6O2S2.C15H12Cl2N4OS2.C10H8ClN3O2S.C7H4.C6H7ClS.C6H9NS.C6H8S.2C5H6ClNS.CO2/c1-13-12-31-20(22)19(13)26-21(30)16-11-23-18(32-16)10-15-9-17(25-14(2)24-15)28-5-3-27(4-6-28)7-8-29;1-7-6-23-14(17)13(7)21-15(22)10-5-18-12(24-10)4-9-3-11(16)20-8(2)19-9;1-5-13-6(2-8(11)14-5)3-9-12-4-7(17-9)10(15)16;1-3-5-7-6-4-2;1-4-3-8-6(7)5(4)2;1-4-3-8-5(2)6(4)7;1-5-3-7-4-6(5)2;2*1-3-2-8-5(6)4(3)7;2-1-3/h9,11-12,29H,3-8,10H2,1-2H3,(H,26,30);3,5-6H,4H2,1-2H3,(H,21,22);2,4H,3H2,1H3,(H,15,16);1H,2H3;3H,1-2H3;3H,7H2,1-2H3;3-4H,1-2H3;2*2H,7H2,1H3;.